The smallest absolute Gasteiger partial charge is 0.163 e. The zero-order chi connectivity index (χ0) is 12.3. The van der Waals surface area contributed by atoms with E-state index in [-0.39, 0.29) is 0 Å². The van der Waals surface area contributed by atoms with E-state index in [0.717, 1.165) is 10.2 Å². The van der Waals surface area contributed by atoms with Crippen LogP contribution in [0.2, 0.25) is 5.02 Å². The highest BCUT2D eigenvalue weighted by Gasteiger charge is 2.04. The highest BCUT2D eigenvalue weighted by Crippen LogP contribution is 2.27. The van der Waals surface area contributed by atoms with Gasteiger partial charge in [0.1, 0.15) is 6.07 Å². The molecule has 2 rings (SSSR count). The third-order valence-corrected chi connectivity index (χ3v) is 3.33. The SMILES string of the molecule is N#Cc1ncccc1Nc1ccc(Cl)c(Br)c1. The maximum Gasteiger partial charge on any atom is 0.163 e. The summed E-state index contributed by atoms with van der Waals surface area (Å²) in [6.45, 7) is 0. The zero-order valence-corrected chi connectivity index (χ0v) is 11.0. The molecule has 0 fully saturated rings. The second kappa shape index (κ2) is 5.17. The molecule has 0 aliphatic rings. The van der Waals surface area contributed by atoms with Gasteiger partial charge in [-0.25, -0.2) is 4.98 Å². The molecule has 0 atom stereocenters. The predicted molar refractivity (Wildman–Crippen MR) is 71.4 cm³/mol. The summed E-state index contributed by atoms with van der Waals surface area (Å²) in [5, 5.41) is 12.7. The van der Waals surface area contributed by atoms with Gasteiger partial charge in [0, 0.05) is 16.4 Å². The molecule has 0 unspecified atom stereocenters. The number of halogens is 2. The van der Waals surface area contributed by atoms with Crippen molar-refractivity contribution >= 4 is 38.9 Å². The van der Waals surface area contributed by atoms with Crippen LogP contribution in [0.25, 0.3) is 0 Å². The number of nitriles is 1. The van der Waals surface area contributed by atoms with E-state index in [1.165, 1.54) is 0 Å². The van der Waals surface area contributed by atoms with Gasteiger partial charge in [0.25, 0.3) is 0 Å². The molecule has 1 heterocycles. The van der Waals surface area contributed by atoms with Gasteiger partial charge in [-0.15, -0.1) is 0 Å². The third kappa shape index (κ3) is 2.76. The molecule has 5 heteroatoms. The number of pyridine rings is 1. The van der Waals surface area contributed by atoms with Crippen LogP contribution in [0.5, 0.6) is 0 Å². The second-order valence-corrected chi connectivity index (χ2v) is 4.53. The number of nitrogens with one attached hydrogen (secondary N) is 1. The van der Waals surface area contributed by atoms with E-state index in [9.17, 15) is 0 Å². The fraction of sp³-hybridized carbons (Fsp3) is 0. The molecule has 0 amide bonds. The second-order valence-electron chi connectivity index (χ2n) is 3.27. The molecule has 0 bridgehead atoms. The van der Waals surface area contributed by atoms with Crippen molar-refractivity contribution in [1.29, 1.82) is 5.26 Å². The van der Waals surface area contributed by atoms with Crippen LogP contribution in [0.15, 0.2) is 41.0 Å². The minimum absolute atomic E-state index is 0.360. The first-order valence-corrected chi connectivity index (χ1v) is 5.95. The fourth-order valence-corrected chi connectivity index (χ4v) is 1.82. The normalized spacial score (nSPS) is 9.71. The van der Waals surface area contributed by atoms with E-state index in [1.807, 2.05) is 18.2 Å². The molecule has 3 nitrogen and oxygen atoms in total. The van der Waals surface area contributed by atoms with Crippen LogP contribution >= 0.6 is 27.5 Å². The van der Waals surface area contributed by atoms with Gasteiger partial charge in [-0.1, -0.05) is 11.6 Å². The summed E-state index contributed by atoms with van der Waals surface area (Å²) in [6, 6.07) is 11.1. The summed E-state index contributed by atoms with van der Waals surface area (Å²) in [7, 11) is 0. The molecule has 0 saturated carbocycles. The van der Waals surface area contributed by atoms with Gasteiger partial charge in [-0.05, 0) is 46.3 Å². The predicted octanol–water partition coefficient (Wildman–Crippen LogP) is 4.11. The average molecular weight is 309 g/mol. The van der Waals surface area contributed by atoms with Crippen molar-refractivity contribution in [2.45, 2.75) is 0 Å². The number of aromatic nitrogens is 1. The van der Waals surface area contributed by atoms with Crippen LogP contribution in [-0.4, -0.2) is 4.98 Å². The van der Waals surface area contributed by atoms with Gasteiger partial charge in [0.05, 0.1) is 10.7 Å². The van der Waals surface area contributed by atoms with Crippen LogP contribution in [0, 0.1) is 11.3 Å². The van der Waals surface area contributed by atoms with Gasteiger partial charge >= 0.3 is 0 Å². The summed E-state index contributed by atoms with van der Waals surface area (Å²) in [6.07, 6.45) is 1.58. The Morgan fingerprint density at radius 1 is 1.35 bits per heavy atom. The van der Waals surface area contributed by atoms with Gasteiger partial charge in [-0.3, -0.25) is 0 Å². The minimum atomic E-state index is 0.360. The van der Waals surface area contributed by atoms with E-state index >= 15 is 0 Å². The van der Waals surface area contributed by atoms with E-state index < -0.39 is 0 Å². The number of hydrogen-bond acceptors (Lipinski definition) is 3. The van der Waals surface area contributed by atoms with E-state index in [2.05, 4.69) is 26.2 Å². The molecule has 0 radical (unpaired) electrons. The minimum Gasteiger partial charge on any atom is -0.353 e. The molecule has 1 aromatic carbocycles. The molecular formula is C12H7BrClN3. The highest BCUT2D eigenvalue weighted by molar-refractivity contribution is 9.10. The van der Waals surface area contributed by atoms with Crippen LogP contribution in [0.3, 0.4) is 0 Å². The Kier molecular flexibility index (Phi) is 3.62. The number of benzene rings is 1. The lowest BCUT2D eigenvalue weighted by molar-refractivity contribution is 1.26. The lowest BCUT2D eigenvalue weighted by atomic mass is 10.2. The summed E-state index contributed by atoms with van der Waals surface area (Å²) in [5.41, 5.74) is 1.87. The standard InChI is InChI=1S/C12H7BrClN3/c13-9-6-8(3-4-10(9)14)17-11-2-1-5-16-12(11)7-15/h1-6,17H. The zero-order valence-electron chi connectivity index (χ0n) is 8.61. The van der Waals surface area contributed by atoms with E-state index in [0.29, 0.717) is 16.4 Å². The van der Waals surface area contributed by atoms with Gasteiger partial charge < -0.3 is 5.32 Å². The average Bonchev–Trinajstić information content (AvgIpc) is 2.34. The quantitative estimate of drug-likeness (QED) is 0.908. The number of anilines is 2. The van der Waals surface area contributed by atoms with Crippen LogP contribution in [0.1, 0.15) is 5.69 Å². The van der Waals surface area contributed by atoms with Crippen molar-refractivity contribution in [3.8, 4) is 6.07 Å². The van der Waals surface area contributed by atoms with Gasteiger partial charge in [-0.2, -0.15) is 5.26 Å². The third-order valence-electron chi connectivity index (χ3n) is 2.11. The maximum absolute atomic E-state index is 8.91. The topological polar surface area (TPSA) is 48.7 Å². The molecule has 0 spiro atoms. The highest BCUT2D eigenvalue weighted by atomic mass is 79.9. The molecule has 17 heavy (non-hydrogen) atoms. The van der Waals surface area contributed by atoms with Crippen molar-refractivity contribution in [1.82, 2.24) is 4.98 Å². The van der Waals surface area contributed by atoms with Crippen LogP contribution < -0.4 is 5.32 Å². The number of hydrogen-bond donors (Lipinski definition) is 1. The Labute approximate surface area is 112 Å². The Morgan fingerprint density at radius 3 is 2.88 bits per heavy atom. The summed E-state index contributed by atoms with van der Waals surface area (Å²) in [5.74, 6) is 0. The van der Waals surface area contributed by atoms with Crippen molar-refractivity contribution in [3.63, 3.8) is 0 Å². The molecule has 0 aliphatic heterocycles. The van der Waals surface area contributed by atoms with Crippen LogP contribution in [-0.2, 0) is 0 Å². The number of nitrogens with zero attached hydrogens (tertiary/aromatic N) is 2. The summed E-state index contributed by atoms with van der Waals surface area (Å²) in [4.78, 5) is 3.97. The Bertz CT molecular complexity index is 593. The fourth-order valence-electron chi connectivity index (χ4n) is 1.32. The molecule has 84 valence electrons. The molecule has 1 aromatic heterocycles. The molecule has 0 aliphatic carbocycles. The van der Waals surface area contributed by atoms with Crippen LogP contribution in [0.4, 0.5) is 11.4 Å². The summed E-state index contributed by atoms with van der Waals surface area (Å²) < 4.78 is 0.798. The molecular weight excluding hydrogens is 302 g/mol. The molecule has 1 N–H and O–H groups in total. The first-order valence-electron chi connectivity index (χ1n) is 4.78. The van der Waals surface area contributed by atoms with Gasteiger partial charge in [0.2, 0.25) is 0 Å². The Balaban J connectivity index is 2.32. The van der Waals surface area contributed by atoms with E-state index in [1.54, 1.807) is 24.4 Å². The maximum atomic E-state index is 8.91. The van der Waals surface area contributed by atoms with Crippen molar-refractivity contribution in [3.05, 3.63) is 51.7 Å². The van der Waals surface area contributed by atoms with E-state index in [4.69, 9.17) is 16.9 Å². The molecule has 0 saturated heterocycles. The molecule has 2 aromatic rings. The first kappa shape index (κ1) is 11.9. The van der Waals surface area contributed by atoms with Crippen molar-refractivity contribution in [2.24, 2.45) is 0 Å². The largest absolute Gasteiger partial charge is 0.353 e. The Morgan fingerprint density at radius 2 is 2.18 bits per heavy atom. The van der Waals surface area contributed by atoms with Crippen molar-refractivity contribution < 1.29 is 0 Å². The van der Waals surface area contributed by atoms with Gasteiger partial charge in [0.15, 0.2) is 5.69 Å². The first-order chi connectivity index (χ1) is 8.20. The Hall–Kier alpha value is -1.57. The summed E-state index contributed by atoms with van der Waals surface area (Å²) >= 11 is 9.25. The number of rotatable bonds is 2. The lowest BCUT2D eigenvalue weighted by Gasteiger charge is -2.08. The van der Waals surface area contributed by atoms with Crippen molar-refractivity contribution in [2.75, 3.05) is 5.32 Å². The lowest BCUT2D eigenvalue weighted by Crippen LogP contribution is -1.95. The monoisotopic (exact) mass is 307 g/mol.